The normalized spacial score (nSPS) is 16.9. The Hall–Kier alpha value is -2.17. The lowest BCUT2D eigenvalue weighted by atomic mass is 9.95. The van der Waals surface area contributed by atoms with Crippen molar-refractivity contribution in [3.05, 3.63) is 71.8 Å². The van der Waals surface area contributed by atoms with Crippen molar-refractivity contribution in [2.45, 2.75) is 25.4 Å². The standard InChI is InChI=1S/C21H26N2O2/c1-21(2,20(24)25)23-15-13-22(14-16-23)19(17-9-5-3-6-10-17)18-11-7-4-8-12-18/h3-12,19H,13-16H2,1-2H3,(H,24,25). The minimum absolute atomic E-state index is 0.206. The lowest BCUT2D eigenvalue weighted by Gasteiger charge is -2.44. The highest BCUT2D eigenvalue weighted by Crippen LogP contribution is 2.30. The van der Waals surface area contributed by atoms with Crippen LogP contribution >= 0.6 is 0 Å². The molecule has 2 aromatic rings. The number of rotatable bonds is 5. The highest BCUT2D eigenvalue weighted by molar-refractivity contribution is 5.77. The molecule has 0 atom stereocenters. The maximum Gasteiger partial charge on any atom is 0.323 e. The van der Waals surface area contributed by atoms with Crippen molar-refractivity contribution in [1.82, 2.24) is 9.80 Å². The minimum Gasteiger partial charge on any atom is -0.480 e. The first-order chi connectivity index (χ1) is 12.0. The van der Waals surface area contributed by atoms with Crippen LogP contribution in [-0.4, -0.2) is 52.6 Å². The van der Waals surface area contributed by atoms with Gasteiger partial charge in [-0.1, -0.05) is 60.7 Å². The molecule has 1 saturated heterocycles. The van der Waals surface area contributed by atoms with Crippen LogP contribution in [0, 0.1) is 0 Å². The van der Waals surface area contributed by atoms with Gasteiger partial charge in [-0.2, -0.15) is 0 Å². The lowest BCUT2D eigenvalue weighted by Crippen LogP contribution is -2.58. The first-order valence-corrected chi connectivity index (χ1v) is 8.82. The number of hydrogen-bond acceptors (Lipinski definition) is 3. The Labute approximate surface area is 149 Å². The first kappa shape index (κ1) is 17.6. The van der Waals surface area contributed by atoms with Gasteiger partial charge in [-0.05, 0) is 25.0 Å². The summed E-state index contributed by atoms with van der Waals surface area (Å²) >= 11 is 0. The van der Waals surface area contributed by atoms with Crippen molar-refractivity contribution >= 4 is 5.97 Å². The SMILES string of the molecule is CC(C)(C(=O)O)N1CCN(C(c2ccccc2)c2ccccc2)CC1. The zero-order chi connectivity index (χ0) is 17.9. The third-order valence-electron chi connectivity index (χ3n) is 5.22. The van der Waals surface area contributed by atoms with Crippen molar-refractivity contribution in [3.8, 4) is 0 Å². The fraction of sp³-hybridized carbons (Fsp3) is 0.381. The molecule has 1 aliphatic heterocycles. The van der Waals surface area contributed by atoms with Gasteiger partial charge in [-0.15, -0.1) is 0 Å². The van der Waals surface area contributed by atoms with Crippen LogP contribution in [0.25, 0.3) is 0 Å². The van der Waals surface area contributed by atoms with Crippen molar-refractivity contribution < 1.29 is 9.90 Å². The number of nitrogens with zero attached hydrogens (tertiary/aromatic N) is 2. The molecule has 0 spiro atoms. The summed E-state index contributed by atoms with van der Waals surface area (Å²) in [6.45, 7) is 6.80. The van der Waals surface area contributed by atoms with Crippen LogP contribution in [0.4, 0.5) is 0 Å². The number of benzene rings is 2. The molecule has 132 valence electrons. The molecule has 3 rings (SSSR count). The van der Waals surface area contributed by atoms with Gasteiger partial charge in [-0.3, -0.25) is 14.6 Å². The van der Waals surface area contributed by atoms with Gasteiger partial charge in [-0.25, -0.2) is 0 Å². The topological polar surface area (TPSA) is 43.8 Å². The van der Waals surface area contributed by atoms with E-state index in [2.05, 4.69) is 58.3 Å². The molecule has 1 fully saturated rings. The van der Waals surface area contributed by atoms with Gasteiger partial charge < -0.3 is 5.11 Å². The van der Waals surface area contributed by atoms with E-state index in [4.69, 9.17) is 0 Å². The maximum atomic E-state index is 11.5. The Bertz CT molecular complexity index is 653. The average Bonchev–Trinajstić information content (AvgIpc) is 2.64. The largest absolute Gasteiger partial charge is 0.480 e. The van der Waals surface area contributed by atoms with Gasteiger partial charge in [0.05, 0.1) is 6.04 Å². The van der Waals surface area contributed by atoms with E-state index < -0.39 is 11.5 Å². The molecule has 4 nitrogen and oxygen atoms in total. The molecule has 1 heterocycles. The van der Waals surface area contributed by atoms with Crippen molar-refractivity contribution in [2.75, 3.05) is 26.2 Å². The van der Waals surface area contributed by atoms with Crippen LogP contribution in [0.1, 0.15) is 31.0 Å². The number of carbonyl (C=O) groups is 1. The van der Waals surface area contributed by atoms with E-state index in [0.717, 1.165) is 26.2 Å². The molecule has 1 N–H and O–H groups in total. The lowest BCUT2D eigenvalue weighted by molar-refractivity contribution is -0.150. The second-order valence-corrected chi connectivity index (χ2v) is 7.11. The quantitative estimate of drug-likeness (QED) is 0.909. The van der Waals surface area contributed by atoms with Crippen molar-refractivity contribution in [3.63, 3.8) is 0 Å². The highest BCUT2D eigenvalue weighted by atomic mass is 16.4. The van der Waals surface area contributed by atoms with Gasteiger partial charge in [0.15, 0.2) is 0 Å². The summed E-state index contributed by atoms with van der Waals surface area (Å²) in [5, 5.41) is 9.47. The summed E-state index contributed by atoms with van der Waals surface area (Å²) in [7, 11) is 0. The van der Waals surface area contributed by atoms with Crippen molar-refractivity contribution in [1.29, 1.82) is 0 Å². The van der Waals surface area contributed by atoms with E-state index in [-0.39, 0.29) is 6.04 Å². The van der Waals surface area contributed by atoms with E-state index >= 15 is 0 Å². The Morgan fingerprint density at radius 3 is 1.72 bits per heavy atom. The fourth-order valence-corrected chi connectivity index (χ4v) is 3.56. The van der Waals surface area contributed by atoms with Crippen molar-refractivity contribution in [2.24, 2.45) is 0 Å². The molecular formula is C21H26N2O2. The molecule has 1 aliphatic rings. The van der Waals surface area contributed by atoms with Crippen LogP contribution in [0.3, 0.4) is 0 Å². The zero-order valence-corrected chi connectivity index (χ0v) is 14.9. The van der Waals surface area contributed by atoms with Gasteiger partial charge in [0.25, 0.3) is 0 Å². The van der Waals surface area contributed by atoms with Crippen LogP contribution in [0.2, 0.25) is 0 Å². The molecule has 0 saturated carbocycles. The number of aliphatic carboxylic acids is 1. The first-order valence-electron chi connectivity index (χ1n) is 8.82. The van der Waals surface area contributed by atoms with Gasteiger partial charge in [0.1, 0.15) is 5.54 Å². The number of piperazine rings is 1. The third-order valence-corrected chi connectivity index (χ3v) is 5.22. The number of carboxylic acids is 1. The molecule has 0 aliphatic carbocycles. The Kier molecular flexibility index (Phi) is 5.21. The maximum absolute atomic E-state index is 11.5. The van der Waals surface area contributed by atoms with Crippen LogP contribution in [0.15, 0.2) is 60.7 Å². The molecular weight excluding hydrogens is 312 g/mol. The molecule has 4 heteroatoms. The van der Waals surface area contributed by atoms with E-state index in [0.29, 0.717) is 0 Å². The summed E-state index contributed by atoms with van der Waals surface area (Å²) in [5.41, 5.74) is 1.74. The summed E-state index contributed by atoms with van der Waals surface area (Å²) < 4.78 is 0. The smallest absolute Gasteiger partial charge is 0.323 e. The average molecular weight is 338 g/mol. The third kappa shape index (κ3) is 3.75. The van der Waals surface area contributed by atoms with Gasteiger partial charge in [0, 0.05) is 26.2 Å². The number of hydrogen-bond donors (Lipinski definition) is 1. The van der Waals surface area contributed by atoms with E-state index in [1.165, 1.54) is 11.1 Å². The summed E-state index contributed by atoms with van der Waals surface area (Å²) in [6, 6.07) is 21.3. The van der Waals surface area contributed by atoms with Gasteiger partial charge >= 0.3 is 5.97 Å². The number of carboxylic acid groups (broad SMARTS) is 1. The molecule has 0 aromatic heterocycles. The highest BCUT2D eigenvalue weighted by Gasteiger charge is 2.37. The summed E-state index contributed by atoms with van der Waals surface area (Å²) in [5.74, 6) is -0.761. The predicted molar refractivity (Wildman–Crippen MR) is 99.6 cm³/mol. The molecule has 0 amide bonds. The van der Waals surface area contributed by atoms with Crippen LogP contribution in [0.5, 0.6) is 0 Å². The van der Waals surface area contributed by atoms with Crippen LogP contribution < -0.4 is 0 Å². The molecule has 0 unspecified atom stereocenters. The molecule has 0 radical (unpaired) electrons. The Morgan fingerprint density at radius 2 is 1.32 bits per heavy atom. The van der Waals surface area contributed by atoms with Gasteiger partial charge in [0.2, 0.25) is 0 Å². The zero-order valence-electron chi connectivity index (χ0n) is 14.9. The molecule has 0 bridgehead atoms. The summed E-state index contributed by atoms with van der Waals surface area (Å²) in [6.07, 6.45) is 0. The Balaban J connectivity index is 1.81. The predicted octanol–water partition coefficient (Wildman–Crippen LogP) is 3.26. The van der Waals surface area contributed by atoms with E-state index in [1.54, 1.807) is 13.8 Å². The van der Waals surface area contributed by atoms with Crippen LogP contribution in [-0.2, 0) is 4.79 Å². The second-order valence-electron chi connectivity index (χ2n) is 7.11. The fourth-order valence-electron chi connectivity index (χ4n) is 3.56. The summed E-state index contributed by atoms with van der Waals surface area (Å²) in [4.78, 5) is 16.0. The monoisotopic (exact) mass is 338 g/mol. The molecule has 25 heavy (non-hydrogen) atoms. The Morgan fingerprint density at radius 1 is 0.880 bits per heavy atom. The van der Waals surface area contributed by atoms with E-state index in [1.807, 2.05) is 12.1 Å². The second kappa shape index (κ2) is 7.38. The minimum atomic E-state index is -0.818. The van der Waals surface area contributed by atoms with E-state index in [9.17, 15) is 9.90 Å². The molecule has 2 aromatic carbocycles.